The maximum atomic E-state index is 12.8. The van der Waals surface area contributed by atoms with Crippen LogP contribution in [-0.4, -0.2) is 74.0 Å². The lowest BCUT2D eigenvalue weighted by molar-refractivity contribution is -0.138. The third-order valence-corrected chi connectivity index (χ3v) is 6.94. The Labute approximate surface area is 210 Å². The first-order valence-corrected chi connectivity index (χ1v) is 11.6. The van der Waals surface area contributed by atoms with Gasteiger partial charge in [0.05, 0.1) is 17.7 Å². The van der Waals surface area contributed by atoms with Crippen molar-refractivity contribution in [2.24, 2.45) is 16.3 Å². The summed E-state index contributed by atoms with van der Waals surface area (Å²) in [5.41, 5.74) is 0.697. The van der Waals surface area contributed by atoms with Crippen LogP contribution in [0.15, 0.2) is 9.41 Å². The number of hydrogen-bond donors (Lipinski definition) is 2. The van der Waals surface area contributed by atoms with Crippen LogP contribution in [0.2, 0.25) is 0 Å². The average molecular weight is 561 g/mol. The van der Waals surface area contributed by atoms with Crippen LogP contribution in [0.25, 0.3) is 0 Å². The molecule has 0 radical (unpaired) electrons. The highest BCUT2D eigenvalue weighted by atomic mass is 127. The Kier molecular flexibility index (Phi) is 10.3. The van der Waals surface area contributed by atoms with Crippen LogP contribution in [0, 0.1) is 25.2 Å². The number of nitrogens with zero attached hydrogens (tertiary/aromatic N) is 4. The van der Waals surface area contributed by atoms with E-state index in [4.69, 9.17) is 4.42 Å². The molecule has 1 saturated carbocycles. The van der Waals surface area contributed by atoms with Gasteiger partial charge in [-0.3, -0.25) is 14.7 Å². The highest BCUT2D eigenvalue weighted by molar-refractivity contribution is 14.0. The number of piperidine rings is 1. The van der Waals surface area contributed by atoms with E-state index in [0.29, 0.717) is 12.5 Å². The second-order valence-electron chi connectivity index (χ2n) is 9.46. The lowest BCUT2D eigenvalue weighted by Gasteiger charge is -2.33. The highest BCUT2D eigenvalue weighted by Gasteiger charge is 2.42. The topological polar surface area (TPSA) is 86.0 Å². The SMILES string of the molecule is CN=C(NCC1CCN(Cc2nc(C)c(C)o2)CC1)NCC1(C(=O)N(C)C)CCCC1.I. The van der Waals surface area contributed by atoms with Gasteiger partial charge in [0.2, 0.25) is 11.8 Å². The minimum Gasteiger partial charge on any atom is -0.444 e. The van der Waals surface area contributed by atoms with Crippen molar-refractivity contribution in [2.45, 2.75) is 58.9 Å². The summed E-state index contributed by atoms with van der Waals surface area (Å²) in [7, 11) is 5.51. The number of nitrogens with one attached hydrogen (secondary N) is 2. The van der Waals surface area contributed by atoms with E-state index in [-0.39, 0.29) is 35.3 Å². The normalized spacial score (nSPS) is 19.5. The Hall–Kier alpha value is -1.36. The molecule has 0 atom stereocenters. The number of likely N-dealkylation sites (tertiary alicyclic amines) is 1. The number of guanidine groups is 1. The summed E-state index contributed by atoms with van der Waals surface area (Å²) in [6, 6.07) is 0. The van der Waals surface area contributed by atoms with Crippen LogP contribution in [-0.2, 0) is 11.3 Å². The van der Waals surface area contributed by atoms with Gasteiger partial charge in [-0.25, -0.2) is 4.98 Å². The van der Waals surface area contributed by atoms with Crippen molar-refractivity contribution in [3.8, 4) is 0 Å². The zero-order valence-corrected chi connectivity index (χ0v) is 22.7. The number of carbonyl (C=O) groups excluding carboxylic acids is 1. The molecule has 1 aromatic heterocycles. The predicted octanol–water partition coefficient (Wildman–Crippen LogP) is 2.94. The maximum absolute atomic E-state index is 12.8. The number of hydrogen-bond acceptors (Lipinski definition) is 5. The largest absolute Gasteiger partial charge is 0.444 e. The predicted molar refractivity (Wildman–Crippen MR) is 138 cm³/mol. The molecule has 32 heavy (non-hydrogen) atoms. The Bertz CT molecular complexity index is 745. The van der Waals surface area contributed by atoms with Gasteiger partial charge in [0.15, 0.2) is 5.96 Å². The molecule has 0 aromatic carbocycles. The van der Waals surface area contributed by atoms with Crippen LogP contribution in [0.1, 0.15) is 55.9 Å². The van der Waals surface area contributed by atoms with E-state index in [2.05, 4.69) is 25.5 Å². The molecule has 9 heteroatoms. The van der Waals surface area contributed by atoms with E-state index >= 15 is 0 Å². The Morgan fingerprint density at radius 3 is 2.41 bits per heavy atom. The van der Waals surface area contributed by atoms with E-state index < -0.39 is 0 Å². The highest BCUT2D eigenvalue weighted by Crippen LogP contribution is 2.38. The van der Waals surface area contributed by atoms with Gasteiger partial charge in [0.25, 0.3) is 0 Å². The summed E-state index contributed by atoms with van der Waals surface area (Å²) in [5.74, 6) is 3.39. The number of oxazole rings is 1. The Balaban J connectivity index is 0.00000363. The fraction of sp³-hybridized carbons (Fsp3) is 0.783. The molecule has 1 aliphatic carbocycles. The maximum Gasteiger partial charge on any atom is 0.230 e. The molecule has 0 unspecified atom stereocenters. The fourth-order valence-electron chi connectivity index (χ4n) is 4.85. The van der Waals surface area contributed by atoms with Gasteiger partial charge in [-0.05, 0) is 58.5 Å². The lowest BCUT2D eigenvalue weighted by Crippen LogP contribution is -2.50. The molecular formula is C23H41IN6O2. The number of aryl methyl sites for hydroxylation is 2. The molecule has 2 N–H and O–H groups in total. The van der Waals surface area contributed by atoms with Gasteiger partial charge in [0, 0.05) is 34.2 Å². The first kappa shape index (κ1) is 26.9. The number of aliphatic imine (C=N–C) groups is 1. The van der Waals surface area contributed by atoms with E-state index in [1.165, 1.54) is 0 Å². The van der Waals surface area contributed by atoms with Crippen molar-refractivity contribution in [1.29, 1.82) is 0 Å². The Morgan fingerprint density at radius 1 is 1.22 bits per heavy atom. The van der Waals surface area contributed by atoms with Gasteiger partial charge in [0.1, 0.15) is 5.76 Å². The smallest absolute Gasteiger partial charge is 0.230 e. The first-order chi connectivity index (χ1) is 14.8. The standard InChI is InChI=1S/C23H40N6O2.HI/c1-17-18(2)31-20(27-17)15-29-12-8-19(9-13-29)14-25-22(24-3)26-16-23(10-6-7-11-23)21(30)28(4)5;/h19H,6-16H2,1-5H3,(H2,24,25,26);1H. The van der Waals surface area contributed by atoms with E-state index in [1.54, 1.807) is 11.9 Å². The van der Waals surface area contributed by atoms with Gasteiger partial charge < -0.3 is 20.0 Å². The van der Waals surface area contributed by atoms with E-state index in [9.17, 15) is 4.79 Å². The van der Waals surface area contributed by atoms with Crippen LogP contribution < -0.4 is 10.6 Å². The molecule has 0 bridgehead atoms. The number of amides is 1. The minimum atomic E-state index is -0.289. The molecule has 8 nitrogen and oxygen atoms in total. The van der Waals surface area contributed by atoms with E-state index in [0.717, 1.165) is 88.0 Å². The van der Waals surface area contributed by atoms with Gasteiger partial charge in [-0.15, -0.1) is 24.0 Å². The lowest BCUT2D eigenvalue weighted by atomic mass is 9.84. The average Bonchev–Trinajstić information content (AvgIpc) is 3.35. The van der Waals surface area contributed by atoms with Crippen LogP contribution in [0.4, 0.5) is 0 Å². The van der Waals surface area contributed by atoms with Crippen molar-refractivity contribution in [3.05, 3.63) is 17.3 Å². The molecule has 1 aliphatic heterocycles. The molecule has 1 aromatic rings. The molecule has 2 fully saturated rings. The molecule has 182 valence electrons. The second kappa shape index (κ2) is 12.2. The summed E-state index contributed by atoms with van der Waals surface area (Å²) in [5, 5.41) is 6.93. The summed E-state index contributed by atoms with van der Waals surface area (Å²) in [6.45, 7) is 8.41. The summed E-state index contributed by atoms with van der Waals surface area (Å²) < 4.78 is 5.73. The molecule has 0 spiro atoms. The van der Waals surface area contributed by atoms with Crippen molar-refractivity contribution < 1.29 is 9.21 Å². The fourth-order valence-corrected chi connectivity index (χ4v) is 4.85. The Morgan fingerprint density at radius 2 is 1.88 bits per heavy atom. The van der Waals surface area contributed by atoms with Crippen LogP contribution >= 0.6 is 24.0 Å². The van der Waals surface area contributed by atoms with E-state index in [1.807, 2.05) is 27.9 Å². The first-order valence-electron chi connectivity index (χ1n) is 11.6. The molecular weight excluding hydrogens is 519 g/mol. The molecule has 3 rings (SSSR count). The quantitative estimate of drug-likeness (QED) is 0.303. The van der Waals surface area contributed by atoms with Crippen molar-refractivity contribution in [1.82, 2.24) is 25.4 Å². The molecule has 2 aliphatic rings. The number of carbonyl (C=O) groups is 1. The summed E-state index contributed by atoms with van der Waals surface area (Å²) in [4.78, 5) is 25.8. The second-order valence-corrected chi connectivity index (χ2v) is 9.46. The van der Waals surface area contributed by atoms with Crippen molar-refractivity contribution >= 4 is 35.8 Å². The molecule has 2 heterocycles. The van der Waals surface area contributed by atoms with Crippen molar-refractivity contribution in [2.75, 3.05) is 47.3 Å². The van der Waals surface area contributed by atoms with Crippen LogP contribution in [0.5, 0.6) is 0 Å². The zero-order valence-electron chi connectivity index (χ0n) is 20.4. The molecule has 1 saturated heterocycles. The monoisotopic (exact) mass is 560 g/mol. The van der Waals surface area contributed by atoms with Gasteiger partial charge in [-0.1, -0.05) is 12.8 Å². The number of rotatable bonds is 7. The number of halogens is 1. The van der Waals surface area contributed by atoms with Gasteiger partial charge >= 0.3 is 0 Å². The third-order valence-electron chi connectivity index (χ3n) is 6.94. The van der Waals surface area contributed by atoms with Crippen molar-refractivity contribution in [3.63, 3.8) is 0 Å². The van der Waals surface area contributed by atoms with Gasteiger partial charge in [-0.2, -0.15) is 0 Å². The summed E-state index contributed by atoms with van der Waals surface area (Å²) in [6.07, 6.45) is 6.45. The minimum absolute atomic E-state index is 0. The summed E-state index contributed by atoms with van der Waals surface area (Å²) >= 11 is 0. The van der Waals surface area contributed by atoms with Crippen LogP contribution in [0.3, 0.4) is 0 Å². The zero-order chi connectivity index (χ0) is 22.4. The third kappa shape index (κ3) is 6.82. The molecule has 1 amide bonds. The number of aromatic nitrogens is 1.